The molecule has 0 bridgehead atoms. The normalized spacial score (nSPS) is 28.4. The van der Waals surface area contributed by atoms with Crippen LogP contribution in [0.4, 0.5) is 0 Å². The highest BCUT2D eigenvalue weighted by Gasteiger charge is 2.42. The van der Waals surface area contributed by atoms with Crippen molar-refractivity contribution >= 4 is 11.9 Å². The maximum atomic E-state index is 12.3. The van der Waals surface area contributed by atoms with E-state index in [1.807, 2.05) is 27.7 Å². The lowest BCUT2D eigenvalue weighted by Gasteiger charge is -2.29. The molecule has 0 saturated heterocycles. The van der Waals surface area contributed by atoms with Gasteiger partial charge in [-0.1, -0.05) is 6.92 Å². The molecule has 0 heterocycles. The number of hydrogen-bond donors (Lipinski definition) is 1. The Balaban J connectivity index is 2.83. The molecule has 1 fully saturated rings. The second-order valence-electron chi connectivity index (χ2n) is 5.35. The van der Waals surface area contributed by atoms with E-state index in [0.717, 1.165) is 0 Å². The van der Waals surface area contributed by atoms with Crippen molar-refractivity contribution in [3.63, 3.8) is 0 Å². The van der Waals surface area contributed by atoms with E-state index in [4.69, 9.17) is 0 Å². The molecule has 1 aliphatic rings. The second-order valence-corrected chi connectivity index (χ2v) is 5.35. The molecule has 0 spiro atoms. The van der Waals surface area contributed by atoms with Gasteiger partial charge in [-0.3, -0.25) is 9.59 Å². The molecule has 0 radical (unpaired) electrons. The fourth-order valence-corrected chi connectivity index (χ4v) is 2.83. The summed E-state index contributed by atoms with van der Waals surface area (Å²) in [6, 6.07) is 0.137. The minimum absolute atomic E-state index is 0.0132. The Morgan fingerprint density at radius 2 is 1.82 bits per heavy atom. The van der Waals surface area contributed by atoms with Crippen molar-refractivity contribution in [3.8, 4) is 0 Å². The zero-order valence-corrected chi connectivity index (χ0v) is 11.1. The first-order valence-corrected chi connectivity index (χ1v) is 6.41. The van der Waals surface area contributed by atoms with Crippen molar-refractivity contribution in [2.75, 3.05) is 6.54 Å². The maximum absolute atomic E-state index is 12.3. The van der Waals surface area contributed by atoms with Crippen LogP contribution in [0.15, 0.2) is 0 Å². The number of rotatable bonds is 4. The number of amides is 1. The number of carboxylic acids is 1. The average molecular weight is 241 g/mol. The third kappa shape index (κ3) is 2.99. The van der Waals surface area contributed by atoms with Gasteiger partial charge in [0, 0.05) is 12.6 Å². The first-order chi connectivity index (χ1) is 7.88. The molecule has 1 N–H and O–H groups in total. The highest BCUT2D eigenvalue weighted by Crippen LogP contribution is 2.37. The summed E-state index contributed by atoms with van der Waals surface area (Å²) >= 11 is 0. The molecule has 1 amide bonds. The largest absolute Gasteiger partial charge is 0.481 e. The molecule has 17 heavy (non-hydrogen) atoms. The quantitative estimate of drug-likeness (QED) is 0.819. The van der Waals surface area contributed by atoms with Gasteiger partial charge in [0.05, 0.1) is 11.8 Å². The van der Waals surface area contributed by atoms with E-state index in [-0.39, 0.29) is 17.9 Å². The van der Waals surface area contributed by atoms with E-state index in [1.54, 1.807) is 4.90 Å². The summed E-state index contributed by atoms with van der Waals surface area (Å²) < 4.78 is 0. The molecule has 0 aliphatic heterocycles. The molecule has 3 atom stereocenters. The fraction of sp³-hybridized carbons (Fsp3) is 0.846. The predicted octanol–water partition coefficient (Wildman–Crippen LogP) is 1.99. The van der Waals surface area contributed by atoms with E-state index in [9.17, 15) is 14.7 Å². The molecule has 1 aliphatic carbocycles. The van der Waals surface area contributed by atoms with Crippen LogP contribution < -0.4 is 0 Å². The molecular weight excluding hydrogens is 218 g/mol. The van der Waals surface area contributed by atoms with E-state index in [0.29, 0.717) is 25.3 Å². The van der Waals surface area contributed by atoms with Gasteiger partial charge in [-0.25, -0.2) is 0 Å². The van der Waals surface area contributed by atoms with Crippen LogP contribution in [0.25, 0.3) is 0 Å². The Hall–Kier alpha value is -1.06. The highest BCUT2D eigenvalue weighted by atomic mass is 16.4. The highest BCUT2D eigenvalue weighted by molar-refractivity contribution is 5.85. The molecule has 1 saturated carbocycles. The fourth-order valence-electron chi connectivity index (χ4n) is 2.83. The van der Waals surface area contributed by atoms with Gasteiger partial charge in [-0.2, -0.15) is 0 Å². The zero-order valence-electron chi connectivity index (χ0n) is 11.1. The summed E-state index contributed by atoms with van der Waals surface area (Å²) in [5.74, 6) is -1.31. The Labute approximate surface area is 103 Å². The number of hydrogen-bond acceptors (Lipinski definition) is 2. The van der Waals surface area contributed by atoms with Gasteiger partial charge >= 0.3 is 5.97 Å². The average Bonchev–Trinajstić information content (AvgIpc) is 2.60. The van der Waals surface area contributed by atoms with Crippen LogP contribution in [0, 0.1) is 17.8 Å². The second kappa shape index (κ2) is 5.52. The number of aliphatic carboxylic acids is 1. The van der Waals surface area contributed by atoms with Gasteiger partial charge in [-0.15, -0.1) is 0 Å². The van der Waals surface area contributed by atoms with E-state index in [1.165, 1.54) is 0 Å². The van der Waals surface area contributed by atoms with Gasteiger partial charge in [0.15, 0.2) is 0 Å². The summed E-state index contributed by atoms with van der Waals surface area (Å²) in [7, 11) is 0. The number of carboxylic acid groups (broad SMARTS) is 1. The molecular formula is C13H23NO3. The molecule has 4 nitrogen and oxygen atoms in total. The van der Waals surface area contributed by atoms with Crippen LogP contribution in [0.5, 0.6) is 0 Å². The predicted molar refractivity (Wildman–Crippen MR) is 65.5 cm³/mol. The van der Waals surface area contributed by atoms with Gasteiger partial charge in [0.1, 0.15) is 0 Å². The summed E-state index contributed by atoms with van der Waals surface area (Å²) in [6.45, 7) is 8.54. The van der Waals surface area contributed by atoms with Gasteiger partial charge < -0.3 is 10.0 Å². The Morgan fingerprint density at radius 3 is 2.24 bits per heavy atom. The van der Waals surface area contributed by atoms with Crippen LogP contribution in [-0.4, -0.2) is 34.5 Å². The van der Waals surface area contributed by atoms with Crippen LogP contribution >= 0.6 is 0 Å². The molecule has 0 aromatic rings. The SMILES string of the molecule is CCN(C(=O)[C@H]1CC(C)C[C@H]1C(=O)O)C(C)C. The minimum atomic E-state index is -0.826. The van der Waals surface area contributed by atoms with Crippen molar-refractivity contribution in [1.82, 2.24) is 4.90 Å². The van der Waals surface area contributed by atoms with Crippen molar-refractivity contribution in [2.45, 2.75) is 46.6 Å². The third-order valence-electron chi connectivity index (χ3n) is 3.68. The molecule has 1 unspecified atom stereocenters. The Bertz CT molecular complexity index is 301. The van der Waals surface area contributed by atoms with Gasteiger partial charge in [-0.05, 0) is 39.5 Å². The van der Waals surface area contributed by atoms with Crippen molar-refractivity contribution < 1.29 is 14.7 Å². The van der Waals surface area contributed by atoms with Crippen LogP contribution in [0.1, 0.15) is 40.5 Å². The summed E-state index contributed by atoms with van der Waals surface area (Å²) in [5.41, 5.74) is 0. The lowest BCUT2D eigenvalue weighted by molar-refractivity contribution is -0.149. The first-order valence-electron chi connectivity index (χ1n) is 6.41. The number of carbonyl (C=O) groups is 2. The Morgan fingerprint density at radius 1 is 1.29 bits per heavy atom. The first kappa shape index (κ1) is 14.0. The smallest absolute Gasteiger partial charge is 0.307 e. The minimum Gasteiger partial charge on any atom is -0.481 e. The third-order valence-corrected chi connectivity index (χ3v) is 3.68. The van der Waals surface area contributed by atoms with Gasteiger partial charge in [0.2, 0.25) is 5.91 Å². The summed E-state index contributed by atoms with van der Waals surface area (Å²) in [4.78, 5) is 25.3. The van der Waals surface area contributed by atoms with Crippen LogP contribution in [0.2, 0.25) is 0 Å². The Kier molecular flexibility index (Phi) is 4.54. The zero-order chi connectivity index (χ0) is 13.2. The molecule has 0 aromatic carbocycles. The monoisotopic (exact) mass is 241 g/mol. The lowest BCUT2D eigenvalue weighted by atomic mass is 9.94. The molecule has 98 valence electrons. The van der Waals surface area contributed by atoms with Crippen LogP contribution in [0.3, 0.4) is 0 Å². The van der Waals surface area contributed by atoms with Crippen molar-refractivity contribution in [3.05, 3.63) is 0 Å². The van der Waals surface area contributed by atoms with Crippen molar-refractivity contribution in [1.29, 1.82) is 0 Å². The van der Waals surface area contributed by atoms with Crippen LogP contribution in [-0.2, 0) is 9.59 Å². The summed E-state index contributed by atoms with van der Waals surface area (Å²) in [5, 5.41) is 9.17. The standard InChI is InChI=1S/C13H23NO3/c1-5-14(8(2)3)12(15)10-6-9(4)7-11(10)13(16)17/h8-11H,5-7H2,1-4H3,(H,16,17)/t9?,10-,11+/m0/s1. The van der Waals surface area contributed by atoms with E-state index < -0.39 is 11.9 Å². The molecule has 1 rings (SSSR count). The molecule has 4 heteroatoms. The van der Waals surface area contributed by atoms with E-state index >= 15 is 0 Å². The molecule has 0 aromatic heterocycles. The summed E-state index contributed by atoms with van der Waals surface area (Å²) in [6.07, 6.45) is 1.33. The number of nitrogens with zero attached hydrogens (tertiary/aromatic N) is 1. The number of carbonyl (C=O) groups excluding carboxylic acids is 1. The topological polar surface area (TPSA) is 57.6 Å². The lowest BCUT2D eigenvalue weighted by Crippen LogP contribution is -2.42. The van der Waals surface area contributed by atoms with Gasteiger partial charge in [0.25, 0.3) is 0 Å². The van der Waals surface area contributed by atoms with Crippen molar-refractivity contribution in [2.24, 2.45) is 17.8 Å². The maximum Gasteiger partial charge on any atom is 0.307 e. The van der Waals surface area contributed by atoms with E-state index in [2.05, 4.69) is 0 Å².